The van der Waals surface area contributed by atoms with Crippen LogP contribution in [0.5, 0.6) is 0 Å². The number of hydrogen-bond donors (Lipinski definition) is 2. The maximum absolute atomic E-state index is 9.98. The van der Waals surface area contributed by atoms with Crippen LogP contribution >= 0.6 is 0 Å². The first-order chi connectivity index (χ1) is 2.89. The van der Waals surface area contributed by atoms with Crippen LogP contribution in [-0.2, 0) is 17.1 Å². The van der Waals surface area contributed by atoms with Crippen molar-refractivity contribution in [2.75, 3.05) is 0 Å². The van der Waals surface area contributed by atoms with E-state index in [4.69, 9.17) is 0 Å². The van der Waals surface area contributed by atoms with Crippen molar-refractivity contribution in [3.63, 3.8) is 0 Å². The number of rotatable bonds is 0. The molecule has 1 heterocycles. The van der Waals surface area contributed by atoms with E-state index in [0.717, 1.165) is 0 Å². The van der Waals surface area contributed by atoms with Gasteiger partial charge in [0, 0.05) is 12.3 Å². The molecule has 0 aliphatic carbocycles. The molecule has 0 aliphatic rings. The fraction of sp³-hybridized carbons (Fsp3) is 0. The Hall–Kier alpha value is -0.471. The van der Waals surface area contributed by atoms with E-state index in [0.29, 0.717) is 0 Å². The molecule has 0 saturated carbocycles. The molecule has 4 heteroatoms. The van der Waals surface area contributed by atoms with Crippen LogP contribution in [-0.4, -0.2) is 10.2 Å². The molecule has 0 unspecified atom stereocenters. The second kappa shape index (κ2) is 2.66. The summed E-state index contributed by atoms with van der Waals surface area (Å²) in [6.45, 7) is 0. The van der Waals surface area contributed by atoms with Crippen LogP contribution in [0.1, 0.15) is 0 Å². The van der Waals surface area contributed by atoms with E-state index in [9.17, 15) is 4.79 Å². The number of aromatic nitrogens is 2. The Kier molecular flexibility index (Phi) is 2.48. The van der Waals surface area contributed by atoms with Crippen molar-refractivity contribution in [2.45, 2.75) is 0 Å². The summed E-state index contributed by atoms with van der Waals surface area (Å²) in [6.07, 6.45) is 1.54. The van der Waals surface area contributed by atoms with Crippen LogP contribution in [0.3, 0.4) is 0 Å². The third-order valence-corrected chi connectivity index (χ3v) is 0.513. The Balaban J connectivity index is 0.000000360. The second-order valence-electron chi connectivity index (χ2n) is 0.967. The Bertz CT molecular complexity index is 151. The van der Waals surface area contributed by atoms with Crippen LogP contribution in [0, 0.1) is 0 Å². The van der Waals surface area contributed by atoms with Crippen molar-refractivity contribution in [1.29, 1.82) is 0 Å². The first kappa shape index (κ1) is 6.53. The molecule has 0 atom stereocenters. The van der Waals surface area contributed by atoms with Crippen molar-refractivity contribution in [2.24, 2.45) is 0 Å². The predicted molar refractivity (Wildman–Crippen MR) is 21.4 cm³/mol. The molecule has 0 fully saturated rings. The van der Waals surface area contributed by atoms with Gasteiger partial charge in [0.2, 0.25) is 0 Å². The zero-order valence-corrected chi connectivity index (χ0v) is 4.52. The van der Waals surface area contributed by atoms with Crippen LogP contribution in [0.25, 0.3) is 0 Å². The summed E-state index contributed by atoms with van der Waals surface area (Å²) in [4.78, 5) is 9.98. The van der Waals surface area contributed by atoms with Gasteiger partial charge in [-0.15, -0.1) is 0 Å². The smallest absolute Gasteiger partial charge is 0.305 e. The summed E-state index contributed by atoms with van der Waals surface area (Å²) in [5, 5.41) is 4.81. The number of nitrogens with one attached hydrogen (secondary N) is 2. The first-order valence-electron chi connectivity index (χ1n) is 1.61. The Morgan fingerprint density at radius 3 is 2.43 bits per heavy atom. The summed E-state index contributed by atoms with van der Waals surface area (Å²) in [5.41, 5.74) is -0.0880. The largest absolute Gasteiger partial charge is 2.00 e. The van der Waals surface area contributed by atoms with E-state index in [2.05, 4.69) is 10.2 Å². The van der Waals surface area contributed by atoms with Gasteiger partial charge in [-0.05, 0) is 0 Å². The van der Waals surface area contributed by atoms with Crippen LogP contribution in [0.15, 0.2) is 17.1 Å². The van der Waals surface area contributed by atoms with Crippen molar-refractivity contribution in [1.82, 2.24) is 10.2 Å². The van der Waals surface area contributed by atoms with Gasteiger partial charge in [0.05, 0.1) is 0 Å². The van der Waals surface area contributed by atoms with Gasteiger partial charge in [-0.1, -0.05) is 0 Å². The molecule has 1 rings (SSSR count). The predicted octanol–water partition coefficient (Wildman–Crippen LogP) is -0.300. The molecule has 0 radical (unpaired) electrons. The van der Waals surface area contributed by atoms with Crippen molar-refractivity contribution < 1.29 is 17.1 Å². The van der Waals surface area contributed by atoms with Crippen LogP contribution in [0.2, 0.25) is 0 Å². The number of hydrogen-bond acceptors (Lipinski definition) is 1. The van der Waals surface area contributed by atoms with Gasteiger partial charge in [0.1, 0.15) is 0 Å². The molecule has 38 valence electrons. The SMILES string of the molecule is O=c1cc[nH][nH]1.[Fe+2]. The van der Waals surface area contributed by atoms with Gasteiger partial charge in [0.15, 0.2) is 0 Å². The maximum atomic E-state index is 9.98. The summed E-state index contributed by atoms with van der Waals surface area (Å²) in [6, 6.07) is 1.42. The molecule has 0 aromatic carbocycles. The van der Waals surface area contributed by atoms with Gasteiger partial charge >= 0.3 is 17.1 Å². The molecule has 3 nitrogen and oxygen atoms in total. The molecule has 0 amide bonds. The van der Waals surface area contributed by atoms with Gasteiger partial charge < -0.3 is 5.10 Å². The fourth-order valence-electron chi connectivity index (χ4n) is 0.272. The van der Waals surface area contributed by atoms with E-state index < -0.39 is 0 Å². The van der Waals surface area contributed by atoms with Gasteiger partial charge in [-0.2, -0.15) is 0 Å². The number of H-pyrrole nitrogens is 2. The Labute approximate surface area is 50.6 Å². The number of aromatic amines is 2. The summed E-state index contributed by atoms with van der Waals surface area (Å²) >= 11 is 0. The third kappa shape index (κ3) is 1.62. The van der Waals surface area contributed by atoms with Crippen molar-refractivity contribution >= 4 is 0 Å². The molecule has 2 N–H and O–H groups in total. The quantitative estimate of drug-likeness (QED) is 0.477. The molecule has 7 heavy (non-hydrogen) atoms. The van der Waals surface area contributed by atoms with E-state index in [-0.39, 0.29) is 22.6 Å². The van der Waals surface area contributed by atoms with Crippen LogP contribution < -0.4 is 5.56 Å². The van der Waals surface area contributed by atoms with E-state index >= 15 is 0 Å². The Morgan fingerprint density at radius 1 is 1.57 bits per heavy atom. The third-order valence-electron chi connectivity index (χ3n) is 0.513. The maximum Gasteiger partial charge on any atom is 2.00 e. The molecule has 0 aliphatic heterocycles. The van der Waals surface area contributed by atoms with Crippen molar-refractivity contribution in [3.8, 4) is 0 Å². The van der Waals surface area contributed by atoms with E-state index in [1.807, 2.05) is 0 Å². The van der Waals surface area contributed by atoms with Crippen molar-refractivity contribution in [3.05, 3.63) is 22.6 Å². The minimum absolute atomic E-state index is 0. The summed E-state index contributed by atoms with van der Waals surface area (Å²) < 4.78 is 0. The zero-order chi connectivity index (χ0) is 4.41. The normalized spacial score (nSPS) is 7.43. The van der Waals surface area contributed by atoms with E-state index in [1.165, 1.54) is 6.07 Å². The summed E-state index contributed by atoms with van der Waals surface area (Å²) in [5.74, 6) is 0. The van der Waals surface area contributed by atoms with Gasteiger partial charge in [-0.3, -0.25) is 9.89 Å². The molecule has 0 saturated heterocycles. The average molecular weight is 140 g/mol. The second-order valence-corrected chi connectivity index (χ2v) is 0.967. The van der Waals surface area contributed by atoms with Crippen LogP contribution in [0.4, 0.5) is 0 Å². The molecule has 1 aromatic rings. The van der Waals surface area contributed by atoms with Gasteiger partial charge in [-0.25, -0.2) is 0 Å². The molecule has 0 bridgehead atoms. The minimum Gasteiger partial charge on any atom is -0.305 e. The molecular formula is C3H4FeN2O+2. The fourth-order valence-corrected chi connectivity index (χ4v) is 0.272. The minimum atomic E-state index is -0.0880. The molecule has 0 spiro atoms. The molecule has 1 aromatic heterocycles. The first-order valence-corrected chi connectivity index (χ1v) is 1.61. The van der Waals surface area contributed by atoms with Gasteiger partial charge in [0.25, 0.3) is 5.56 Å². The van der Waals surface area contributed by atoms with E-state index in [1.54, 1.807) is 6.20 Å². The monoisotopic (exact) mass is 140 g/mol. The zero-order valence-electron chi connectivity index (χ0n) is 3.42. The Morgan fingerprint density at radius 2 is 2.29 bits per heavy atom. The standard InChI is InChI=1S/C3H4N2O.Fe/c6-3-1-2-4-5-3;/h1-2H,(H2,4,5,6);/q;+2. The average Bonchev–Trinajstić information content (AvgIpc) is 1.86. The molecular weight excluding hydrogens is 136 g/mol. The topological polar surface area (TPSA) is 48.6 Å². The summed E-state index contributed by atoms with van der Waals surface area (Å²) in [7, 11) is 0.